The summed E-state index contributed by atoms with van der Waals surface area (Å²) in [5.74, 6) is 0.355. The molecular formula is C13H22N4O. The Morgan fingerprint density at radius 1 is 1.50 bits per heavy atom. The number of nitrogens with two attached hydrogens (primary N) is 1. The first kappa shape index (κ1) is 14.3. The lowest BCUT2D eigenvalue weighted by Crippen LogP contribution is -2.45. The first-order valence-electron chi connectivity index (χ1n) is 6.10. The number of guanidine groups is 1. The summed E-state index contributed by atoms with van der Waals surface area (Å²) in [6.45, 7) is 8.90. The van der Waals surface area contributed by atoms with Gasteiger partial charge < -0.3 is 15.6 Å². The van der Waals surface area contributed by atoms with E-state index in [4.69, 9.17) is 5.73 Å². The van der Waals surface area contributed by atoms with Crippen LogP contribution in [0.5, 0.6) is 0 Å². The molecule has 0 fully saturated rings. The summed E-state index contributed by atoms with van der Waals surface area (Å²) in [5, 5.41) is 3.06. The second-order valence-electron chi connectivity index (χ2n) is 5.20. The van der Waals surface area contributed by atoms with Gasteiger partial charge in [-0.1, -0.05) is 6.07 Å². The zero-order valence-corrected chi connectivity index (χ0v) is 11.5. The third-order valence-electron chi connectivity index (χ3n) is 2.36. The first-order chi connectivity index (χ1) is 8.33. The summed E-state index contributed by atoms with van der Waals surface area (Å²) in [6, 6.07) is 3.63. The van der Waals surface area contributed by atoms with E-state index in [1.807, 2.05) is 33.8 Å². The van der Waals surface area contributed by atoms with E-state index in [0.29, 0.717) is 24.6 Å². The van der Waals surface area contributed by atoms with Crippen LogP contribution in [0.1, 0.15) is 33.3 Å². The van der Waals surface area contributed by atoms with E-state index in [9.17, 15) is 4.79 Å². The molecule has 1 heterocycles. The van der Waals surface area contributed by atoms with Gasteiger partial charge in [0.2, 0.25) is 0 Å². The van der Waals surface area contributed by atoms with E-state index in [0.717, 1.165) is 0 Å². The van der Waals surface area contributed by atoms with Crippen LogP contribution in [0.2, 0.25) is 0 Å². The van der Waals surface area contributed by atoms with Gasteiger partial charge in [-0.3, -0.25) is 4.79 Å². The highest BCUT2D eigenvalue weighted by atomic mass is 16.1. The molecule has 0 saturated heterocycles. The van der Waals surface area contributed by atoms with Crippen LogP contribution in [0.3, 0.4) is 0 Å². The van der Waals surface area contributed by atoms with E-state index in [1.54, 1.807) is 16.8 Å². The van der Waals surface area contributed by atoms with Crippen molar-refractivity contribution in [1.82, 2.24) is 9.88 Å². The van der Waals surface area contributed by atoms with E-state index < -0.39 is 0 Å². The SMILES string of the molecule is CCn1cccc(CN=C(N)NC(C)(C)C)c1=O. The van der Waals surface area contributed by atoms with Gasteiger partial charge in [0.15, 0.2) is 5.96 Å². The van der Waals surface area contributed by atoms with Crippen molar-refractivity contribution >= 4 is 5.96 Å². The van der Waals surface area contributed by atoms with Crippen LogP contribution < -0.4 is 16.6 Å². The fourth-order valence-corrected chi connectivity index (χ4v) is 1.55. The quantitative estimate of drug-likeness (QED) is 0.622. The van der Waals surface area contributed by atoms with Gasteiger partial charge in [0.25, 0.3) is 5.56 Å². The molecule has 0 spiro atoms. The third kappa shape index (κ3) is 4.24. The molecule has 5 heteroatoms. The van der Waals surface area contributed by atoms with E-state index in [2.05, 4.69) is 10.3 Å². The summed E-state index contributed by atoms with van der Waals surface area (Å²) >= 11 is 0. The molecule has 0 aliphatic rings. The molecule has 0 amide bonds. The lowest BCUT2D eigenvalue weighted by atomic mass is 10.1. The van der Waals surface area contributed by atoms with Crippen molar-refractivity contribution in [3.63, 3.8) is 0 Å². The molecular weight excluding hydrogens is 228 g/mol. The highest BCUT2D eigenvalue weighted by Crippen LogP contribution is 1.98. The van der Waals surface area contributed by atoms with Gasteiger partial charge in [0.05, 0.1) is 6.54 Å². The smallest absolute Gasteiger partial charge is 0.255 e. The van der Waals surface area contributed by atoms with E-state index >= 15 is 0 Å². The van der Waals surface area contributed by atoms with Crippen LogP contribution in [0, 0.1) is 0 Å². The first-order valence-corrected chi connectivity index (χ1v) is 6.10. The Morgan fingerprint density at radius 3 is 2.72 bits per heavy atom. The molecule has 0 unspecified atom stereocenters. The largest absolute Gasteiger partial charge is 0.370 e. The lowest BCUT2D eigenvalue weighted by Gasteiger charge is -2.20. The minimum atomic E-state index is -0.131. The third-order valence-corrected chi connectivity index (χ3v) is 2.36. The monoisotopic (exact) mass is 250 g/mol. The van der Waals surface area contributed by atoms with Gasteiger partial charge in [-0.2, -0.15) is 0 Å². The van der Waals surface area contributed by atoms with Crippen LogP contribution >= 0.6 is 0 Å². The Bertz CT molecular complexity index is 482. The van der Waals surface area contributed by atoms with Crippen LogP contribution in [0.25, 0.3) is 0 Å². The summed E-state index contributed by atoms with van der Waals surface area (Å²) < 4.78 is 1.65. The number of rotatable bonds is 3. The molecule has 18 heavy (non-hydrogen) atoms. The molecule has 0 atom stereocenters. The summed E-state index contributed by atoms with van der Waals surface area (Å²) in [6.07, 6.45) is 1.77. The number of aromatic nitrogens is 1. The maximum Gasteiger partial charge on any atom is 0.255 e. The minimum Gasteiger partial charge on any atom is -0.370 e. The minimum absolute atomic E-state index is 0.00712. The van der Waals surface area contributed by atoms with Crippen molar-refractivity contribution in [2.24, 2.45) is 10.7 Å². The van der Waals surface area contributed by atoms with Crippen LogP contribution in [-0.2, 0) is 13.1 Å². The van der Waals surface area contributed by atoms with E-state index in [-0.39, 0.29) is 11.1 Å². The Balaban J connectivity index is 2.81. The summed E-state index contributed by atoms with van der Waals surface area (Å²) in [5.41, 5.74) is 6.27. The van der Waals surface area contributed by atoms with Gasteiger partial charge >= 0.3 is 0 Å². The Labute approximate surface area is 108 Å². The molecule has 1 rings (SSSR count). The molecule has 0 radical (unpaired) electrons. The van der Waals surface area contributed by atoms with Gasteiger partial charge in [0, 0.05) is 23.8 Å². The number of nitrogens with one attached hydrogen (secondary N) is 1. The Kier molecular flexibility index (Phi) is 4.53. The summed E-state index contributed by atoms with van der Waals surface area (Å²) in [4.78, 5) is 16.1. The highest BCUT2D eigenvalue weighted by Gasteiger charge is 2.09. The number of pyridine rings is 1. The average molecular weight is 250 g/mol. The van der Waals surface area contributed by atoms with Crippen molar-refractivity contribution in [1.29, 1.82) is 0 Å². The van der Waals surface area contributed by atoms with Gasteiger partial charge in [-0.25, -0.2) is 4.99 Å². The van der Waals surface area contributed by atoms with Crippen molar-refractivity contribution in [2.75, 3.05) is 0 Å². The zero-order valence-electron chi connectivity index (χ0n) is 11.5. The molecule has 1 aromatic heterocycles. The standard InChI is InChI=1S/C13H22N4O/c1-5-17-8-6-7-10(11(17)18)9-15-12(14)16-13(2,3)4/h6-8H,5,9H2,1-4H3,(H3,14,15,16). The molecule has 100 valence electrons. The molecule has 0 aliphatic carbocycles. The second kappa shape index (κ2) is 5.71. The number of hydrogen-bond donors (Lipinski definition) is 2. The van der Waals surface area contributed by atoms with Crippen molar-refractivity contribution < 1.29 is 0 Å². The van der Waals surface area contributed by atoms with Gasteiger partial charge in [-0.05, 0) is 33.8 Å². The number of hydrogen-bond acceptors (Lipinski definition) is 2. The maximum absolute atomic E-state index is 11.9. The van der Waals surface area contributed by atoms with Crippen molar-refractivity contribution in [3.8, 4) is 0 Å². The number of aryl methyl sites for hydroxylation is 1. The molecule has 3 N–H and O–H groups in total. The van der Waals surface area contributed by atoms with Crippen LogP contribution in [0.4, 0.5) is 0 Å². The Morgan fingerprint density at radius 2 is 2.17 bits per heavy atom. The molecule has 0 aliphatic heterocycles. The predicted molar refractivity (Wildman–Crippen MR) is 74.6 cm³/mol. The normalized spacial score (nSPS) is 12.6. The average Bonchev–Trinajstić information content (AvgIpc) is 2.25. The fourth-order valence-electron chi connectivity index (χ4n) is 1.55. The van der Waals surface area contributed by atoms with Gasteiger partial charge in [-0.15, -0.1) is 0 Å². The maximum atomic E-state index is 11.9. The molecule has 0 aromatic carbocycles. The molecule has 1 aromatic rings. The molecule has 0 saturated carbocycles. The number of nitrogens with zero attached hydrogens (tertiary/aromatic N) is 2. The van der Waals surface area contributed by atoms with Crippen molar-refractivity contribution in [2.45, 2.75) is 46.3 Å². The Hall–Kier alpha value is -1.78. The van der Waals surface area contributed by atoms with Crippen molar-refractivity contribution in [3.05, 3.63) is 34.2 Å². The number of aliphatic imine (C=N–C) groups is 1. The predicted octanol–water partition coefficient (Wildman–Crippen LogP) is 1.07. The fraction of sp³-hybridized carbons (Fsp3) is 0.538. The van der Waals surface area contributed by atoms with Crippen LogP contribution in [-0.4, -0.2) is 16.1 Å². The molecule has 5 nitrogen and oxygen atoms in total. The highest BCUT2D eigenvalue weighted by molar-refractivity contribution is 5.78. The molecule has 0 bridgehead atoms. The second-order valence-corrected chi connectivity index (χ2v) is 5.20. The summed E-state index contributed by atoms with van der Waals surface area (Å²) in [7, 11) is 0. The van der Waals surface area contributed by atoms with E-state index in [1.165, 1.54) is 0 Å². The lowest BCUT2D eigenvalue weighted by molar-refractivity contribution is 0.508. The zero-order chi connectivity index (χ0) is 13.8. The van der Waals surface area contributed by atoms with Crippen LogP contribution in [0.15, 0.2) is 28.1 Å². The van der Waals surface area contributed by atoms with Gasteiger partial charge in [0.1, 0.15) is 0 Å². The topological polar surface area (TPSA) is 72.4 Å².